The summed E-state index contributed by atoms with van der Waals surface area (Å²) in [6, 6.07) is 12.6. The first-order valence-electron chi connectivity index (χ1n) is 11.0. The fraction of sp³-hybridized carbons (Fsp3) is 0.458. The first kappa shape index (κ1) is 23.3. The van der Waals surface area contributed by atoms with E-state index in [0.29, 0.717) is 23.4 Å². The zero-order chi connectivity index (χ0) is 22.6. The fourth-order valence-electron chi connectivity index (χ4n) is 3.94. The van der Waals surface area contributed by atoms with Crippen LogP contribution in [0.5, 0.6) is 0 Å². The lowest BCUT2D eigenvalue weighted by molar-refractivity contribution is 0.102. The highest BCUT2D eigenvalue weighted by Gasteiger charge is 2.28. The molecule has 0 aromatic heterocycles. The first-order chi connectivity index (χ1) is 14.7. The number of hydrogen-bond acceptors (Lipinski definition) is 4. The number of piperidine rings is 1. The molecule has 1 fully saturated rings. The molecule has 0 radical (unpaired) electrons. The summed E-state index contributed by atoms with van der Waals surface area (Å²) in [6.07, 6.45) is 3.91. The molecular formula is C24H33N3O3S. The Bertz CT molecular complexity index is 1040. The van der Waals surface area contributed by atoms with Crippen molar-refractivity contribution >= 4 is 27.3 Å². The van der Waals surface area contributed by atoms with E-state index in [1.165, 1.54) is 0 Å². The molecule has 1 amide bonds. The highest BCUT2D eigenvalue weighted by Crippen LogP contribution is 2.33. The highest BCUT2D eigenvalue weighted by atomic mass is 32.2. The summed E-state index contributed by atoms with van der Waals surface area (Å²) in [5, 5.41) is 2.87. The molecule has 168 valence electrons. The van der Waals surface area contributed by atoms with Crippen molar-refractivity contribution in [3.63, 3.8) is 0 Å². The maximum atomic E-state index is 13.3. The lowest BCUT2D eigenvalue weighted by Gasteiger charge is -2.36. The van der Waals surface area contributed by atoms with Crippen LogP contribution in [0.1, 0.15) is 62.4 Å². The third-order valence-electron chi connectivity index (χ3n) is 5.98. The molecule has 2 aromatic carbocycles. The maximum absolute atomic E-state index is 13.3. The van der Waals surface area contributed by atoms with Crippen LogP contribution in [0, 0.1) is 6.92 Å². The fourth-order valence-corrected chi connectivity index (χ4v) is 5.50. The Labute approximate surface area is 186 Å². The molecule has 0 bridgehead atoms. The van der Waals surface area contributed by atoms with Gasteiger partial charge >= 0.3 is 0 Å². The second kappa shape index (κ2) is 9.83. The van der Waals surface area contributed by atoms with Crippen molar-refractivity contribution < 1.29 is 13.2 Å². The Hall–Kier alpha value is -2.38. The minimum Gasteiger partial charge on any atom is -0.368 e. The van der Waals surface area contributed by atoms with Crippen molar-refractivity contribution in [3.8, 4) is 0 Å². The van der Waals surface area contributed by atoms with Gasteiger partial charge in [0.05, 0.1) is 5.69 Å². The number of carbonyl (C=O) groups excluding carboxylic acids is 1. The monoisotopic (exact) mass is 443 g/mol. The lowest BCUT2D eigenvalue weighted by Crippen LogP contribution is -2.39. The summed E-state index contributed by atoms with van der Waals surface area (Å²) in [4.78, 5) is 15.2. The number of benzene rings is 2. The number of carbonyl (C=O) groups is 1. The van der Waals surface area contributed by atoms with Crippen molar-refractivity contribution in [3.05, 3.63) is 53.6 Å². The second-order valence-electron chi connectivity index (χ2n) is 8.42. The van der Waals surface area contributed by atoms with Gasteiger partial charge in [-0.15, -0.1) is 0 Å². The average Bonchev–Trinajstić information content (AvgIpc) is 2.74. The topological polar surface area (TPSA) is 78.5 Å². The Morgan fingerprint density at radius 3 is 2.61 bits per heavy atom. The van der Waals surface area contributed by atoms with Gasteiger partial charge in [0, 0.05) is 29.9 Å². The van der Waals surface area contributed by atoms with Crippen molar-refractivity contribution in [2.75, 3.05) is 16.8 Å². The quantitative estimate of drug-likeness (QED) is 0.650. The average molecular weight is 444 g/mol. The van der Waals surface area contributed by atoms with E-state index in [1.807, 2.05) is 45.0 Å². The molecule has 2 N–H and O–H groups in total. The van der Waals surface area contributed by atoms with Gasteiger partial charge in [-0.2, -0.15) is 0 Å². The summed E-state index contributed by atoms with van der Waals surface area (Å²) in [6.45, 7) is 8.62. The predicted molar refractivity (Wildman–Crippen MR) is 126 cm³/mol. The summed E-state index contributed by atoms with van der Waals surface area (Å²) >= 11 is 0. The van der Waals surface area contributed by atoms with Crippen molar-refractivity contribution in [1.82, 2.24) is 4.72 Å². The SMILES string of the molecule is CC[C@H](C)NS(=O)(=O)c1cc(NC(=O)c2ccccc2C)ccc1N1CCCC[C@@H]1C. The number of nitrogens with zero attached hydrogens (tertiary/aromatic N) is 1. The third-order valence-corrected chi connectivity index (χ3v) is 7.60. The largest absolute Gasteiger partial charge is 0.368 e. The van der Waals surface area contributed by atoms with Gasteiger partial charge in [-0.3, -0.25) is 4.79 Å². The molecular weight excluding hydrogens is 410 g/mol. The Morgan fingerprint density at radius 2 is 1.94 bits per heavy atom. The number of amides is 1. The second-order valence-corrected chi connectivity index (χ2v) is 10.1. The number of anilines is 2. The highest BCUT2D eigenvalue weighted by molar-refractivity contribution is 7.89. The molecule has 3 rings (SSSR count). The number of nitrogens with one attached hydrogen (secondary N) is 2. The molecule has 0 aliphatic carbocycles. The van der Waals surface area contributed by atoms with E-state index < -0.39 is 10.0 Å². The smallest absolute Gasteiger partial charge is 0.255 e. The van der Waals surface area contributed by atoms with E-state index in [0.717, 1.165) is 31.4 Å². The minimum atomic E-state index is -3.75. The molecule has 2 atom stereocenters. The molecule has 0 unspecified atom stereocenters. The maximum Gasteiger partial charge on any atom is 0.255 e. The van der Waals surface area contributed by atoms with Crippen LogP contribution >= 0.6 is 0 Å². The van der Waals surface area contributed by atoms with Gasteiger partial charge in [-0.25, -0.2) is 13.1 Å². The molecule has 2 aromatic rings. The predicted octanol–water partition coefficient (Wildman–Crippen LogP) is 4.70. The van der Waals surface area contributed by atoms with Crippen LogP contribution in [0.3, 0.4) is 0 Å². The molecule has 31 heavy (non-hydrogen) atoms. The van der Waals surface area contributed by atoms with Crippen molar-refractivity contribution in [2.45, 2.75) is 70.4 Å². The molecule has 1 saturated heterocycles. The van der Waals surface area contributed by atoms with Crippen LogP contribution < -0.4 is 14.9 Å². The molecule has 0 saturated carbocycles. The van der Waals surface area contributed by atoms with Gasteiger partial charge in [0.1, 0.15) is 4.90 Å². The van der Waals surface area contributed by atoms with Gasteiger partial charge in [0.15, 0.2) is 0 Å². The van der Waals surface area contributed by atoms with E-state index in [9.17, 15) is 13.2 Å². The van der Waals surface area contributed by atoms with E-state index in [4.69, 9.17) is 0 Å². The number of hydrogen-bond donors (Lipinski definition) is 2. The molecule has 1 aliphatic heterocycles. The van der Waals surface area contributed by atoms with E-state index in [1.54, 1.807) is 18.2 Å². The van der Waals surface area contributed by atoms with Crippen LogP contribution in [-0.4, -0.2) is 33.0 Å². The molecule has 1 heterocycles. The normalized spacial score (nSPS) is 17.9. The van der Waals surface area contributed by atoms with E-state index in [2.05, 4.69) is 21.9 Å². The third kappa shape index (κ3) is 5.46. The lowest BCUT2D eigenvalue weighted by atomic mass is 10.0. The van der Waals surface area contributed by atoms with Crippen LogP contribution in [0.2, 0.25) is 0 Å². The van der Waals surface area contributed by atoms with Crippen LogP contribution in [0.4, 0.5) is 11.4 Å². The molecule has 0 spiro atoms. The first-order valence-corrected chi connectivity index (χ1v) is 12.5. The van der Waals surface area contributed by atoms with Gasteiger partial charge < -0.3 is 10.2 Å². The number of rotatable bonds is 7. The standard InChI is InChI=1S/C24H33N3O3S/c1-5-18(3)26-31(29,30)23-16-20(25-24(28)21-12-7-6-10-17(21)2)13-14-22(23)27-15-9-8-11-19(27)4/h6-7,10,12-14,16,18-19,26H,5,8-9,11,15H2,1-4H3,(H,25,28)/t18-,19-/m0/s1. The van der Waals surface area contributed by atoms with E-state index >= 15 is 0 Å². The number of aryl methyl sites for hydroxylation is 1. The summed E-state index contributed by atoms with van der Waals surface area (Å²) in [7, 11) is -3.75. The van der Waals surface area contributed by atoms with Gasteiger partial charge in [0.25, 0.3) is 5.91 Å². The van der Waals surface area contributed by atoms with Gasteiger partial charge in [-0.05, 0) is 76.3 Å². The van der Waals surface area contributed by atoms with Crippen molar-refractivity contribution in [1.29, 1.82) is 0 Å². The Morgan fingerprint density at radius 1 is 1.19 bits per heavy atom. The van der Waals surface area contributed by atoms with Gasteiger partial charge in [-0.1, -0.05) is 25.1 Å². The van der Waals surface area contributed by atoms with Crippen LogP contribution in [-0.2, 0) is 10.0 Å². The minimum absolute atomic E-state index is 0.179. The molecule has 6 nitrogen and oxygen atoms in total. The summed E-state index contributed by atoms with van der Waals surface area (Å²) in [5.74, 6) is -0.254. The van der Waals surface area contributed by atoms with Crippen molar-refractivity contribution in [2.24, 2.45) is 0 Å². The summed E-state index contributed by atoms with van der Waals surface area (Å²) in [5.41, 5.74) is 2.59. The van der Waals surface area contributed by atoms with Crippen LogP contribution in [0.25, 0.3) is 0 Å². The zero-order valence-electron chi connectivity index (χ0n) is 18.8. The number of sulfonamides is 1. The Kier molecular flexibility index (Phi) is 7.38. The molecule has 7 heteroatoms. The van der Waals surface area contributed by atoms with Crippen LogP contribution in [0.15, 0.2) is 47.4 Å². The Balaban J connectivity index is 1.99. The zero-order valence-corrected chi connectivity index (χ0v) is 19.6. The van der Waals surface area contributed by atoms with E-state index in [-0.39, 0.29) is 22.9 Å². The van der Waals surface area contributed by atoms with Gasteiger partial charge in [0.2, 0.25) is 10.0 Å². The molecule has 1 aliphatic rings. The summed E-state index contributed by atoms with van der Waals surface area (Å²) < 4.78 is 29.3.